The third kappa shape index (κ3) is 1.27. The summed E-state index contributed by atoms with van der Waals surface area (Å²) in [4.78, 5) is 8.40. The Bertz CT molecular complexity index is 584. The molecule has 0 aliphatic heterocycles. The Morgan fingerprint density at radius 2 is 1.93 bits per heavy atom. The van der Waals surface area contributed by atoms with E-state index in [9.17, 15) is 0 Å². The van der Waals surface area contributed by atoms with Crippen molar-refractivity contribution in [1.29, 1.82) is 0 Å². The van der Waals surface area contributed by atoms with Crippen molar-refractivity contribution in [1.82, 2.24) is 15.1 Å². The monoisotopic (exact) mass is 197 g/mol. The molecule has 2 heterocycles. The van der Waals surface area contributed by atoms with Crippen LogP contribution in [-0.4, -0.2) is 15.1 Å². The van der Waals surface area contributed by atoms with Crippen molar-refractivity contribution < 1.29 is 4.52 Å². The van der Waals surface area contributed by atoms with Crippen LogP contribution >= 0.6 is 0 Å². The highest BCUT2D eigenvalue weighted by molar-refractivity contribution is 5.90. The maximum Gasteiger partial charge on any atom is 0.132 e. The Morgan fingerprint density at radius 1 is 1.00 bits per heavy atom. The molecule has 0 saturated carbocycles. The van der Waals surface area contributed by atoms with Gasteiger partial charge in [-0.3, -0.25) is 0 Å². The zero-order chi connectivity index (χ0) is 10.1. The molecule has 1 aromatic carbocycles. The topological polar surface area (TPSA) is 51.8 Å². The average Bonchev–Trinajstić information content (AvgIpc) is 2.82. The van der Waals surface area contributed by atoms with Gasteiger partial charge in [0.05, 0.1) is 5.52 Å². The summed E-state index contributed by atoms with van der Waals surface area (Å²) < 4.78 is 4.81. The van der Waals surface area contributed by atoms with E-state index >= 15 is 0 Å². The lowest BCUT2D eigenvalue weighted by Crippen LogP contribution is -1.88. The molecule has 15 heavy (non-hydrogen) atoms. The van der Waals surface area contributed by atoms with Gasteiger partial charge >= 0.3 is 0 Å². The smallest absolute Gasteiger partial charge is 0.132 e. The van der Waals surface area contributed by atoms with Crippen molar-refractivity contribution in [3.05, 3.63) is 42.9 Å². The largest absolute Gasteiger partial charge is 0.364 e. The zero-order valence-corrected chi connectivity index (χ0v) is 7.79. The Labute approximate surface area is 85.6 Å². The van der Waals surface area contributed by atoms with Crippen molar-refractivity contribution >= 4 is 10.9 Å². The zero-order valence-electron chi connectivity index (χ0n) is 7.79. The first-order chi connectivity index (χ1) is 7.45. The maximum atomic E-state index is 4.81. The Kier molecular flexibility index (Phi) is 1.71. The molecule has 0 atom stereocenters. The number of para-hydroxylation sites is 1. The van der Waals surface area contributed by atoms with Gasteiger partial charge in [0, 0.05) is 11.5 Å². The van der Waals surface area contributed by atoms with E-state index in [0.29, 0.717) is 0 Å². The number of aromatic nitrogens is 3. The van der Waals surface area contributed by atoms with E-state index in [0.717, 1.165) is 22.3 Å². The van der Waals surface area contributed by atoms with Gasteiger partial charge in [-0.25, -0.2) is 9.97 Å². The van der Waals surface area contributed by atoms with Crippen molar-refractivity contribution in [2.75, 3.05) is 0 Å². The van der Waals surface area contributed by atoms with Crippen molar-refractivity contribution in [3.63, 3.8) is 0 Å². The molecule has 4 heteroatoms. The minimum Gasteiger partial charge on any atom is -0.364 e. The summed E-state index contributed by atoms with van der Waals surface area (Å²) >= 11 is 0. The standard InChI is InChI=1S/C11H7N3O/c1-2-4-9-8(3-1)11(13-7-12-9)10-5-6-15-14-10/h1-7H. The first-order valence-electron chi connectivity index (χ1n) is 4.55. The van der Waals surface area contributed by atoms with Crippen LogP contribution in [0.15, 0.2) is 47.4 Å². The second kappa shape index (κ2) is 3.16. The van der Waals surface area contributed by atoms with Gasteiger partial charge in [-0.2, -0.15) is 0 Å². The second-order valence-electron chi connectivity index (χ2n) is 3.12. The lowest BCUT2D eigenvalue weighted by molar-refractivity contribution is 0.422. The average molecular weight is 197 g/mol. The van der Waals surface area contributed by atoms with Crippen LogP contribution in [0.5, 0.6) is 0 Å². The van der Waals surface area contributed by atoms with Crippen LogP contribution in [0.4, 0.5) is 0 Å². The van der Waals surface area contributed by atoms with E-state index < -0.39 is 0 Å². The minimum absolute atomic E-state index is 0.730. The van der Waals surface area contributed by atoms with Gasteiger partial charge in [-0.15, -0.1) is 0 Å². The lowest BCUT2D eigenvalue weighted by Gasteiger charge is -2.00. The van der Waals surface area contributed by atoms with Crippen LogP contribution in [0.25, 0.3) is 22.3 Å². The van der Waals surface area contributed by atoms with Gasteiger partial charge in [0.25, 0.3) is 0 Å². The highest BCUT2D eigenvalue weighted by Crippen LogP contribution is 2.22. The van der Waals surface area contributed by atoms with Crippen molar-refractivity contribution in [2.45, 2.75) is 0 Å². The number of hydrogen-bond donors (Lipinski definition) is 0. The molecule has 0 saturated heterocycles. The number of hydrogen-bond acceptors (Lipinski definition) is 4. The molecule has 0 bridgehead atoms. The van der Waals surface area contributed by atoms with Gasteiger partial charge in [0.2, 0.25) is 0 Å². The third-order valence-corrected chi connectivity index (χ3v) is 2.22. The van der Waals surface area contributed by atoms with E-state index in [-0.39, 0.29) is 0 Å². The first kappa shape index (κ1) is 8.11. The third-order valence-electron chi connectivity index (χ3n) is 2.22. The molecule has 0 unspecified atom stereocenters. The fourth-order valence-corrected chi connectivity index (χ4v) is 1.54. The van der Waals surface area contributed by atoms with E-state index in [1.807, 2.05) is 24.3 Å². The molecule has 0 N–H and O–H groups in total. The molecular weight excluding hydrogens is 190 g/mol. The van der Waals surface area contributed by atoms with E-state index in [1.165, 1.54) is 12.6 Å². The summed E-state index contributed by atoms with van der Waals surface area (Å²) in [6, 6.07) is 9.60. The first-order valence-corrected chi connectivity index (χ1v) is 4.55. The lowest BCUT2D eigenvalue weighted by atomic mass is 10.1. The van der Waals surface area contributed by atoms with E-state index in [1.54, 1.807) is 6.07 Å². The molecule has 3 rings (SSSR count). The molecule has 4 nitrogen and oxygen atoms in total. The fraction of sp³-hybridized carbons (Fsp3) is 0. The summed E-state index contributed by atoms with van der Waals surface area (Å²) in [6.07, 6.45) is 3.07. The summed E-state index contributed by atoms with van der Waals surface area (Å²) in [5.41, 5.74) is 2.44. The van der Waals surface area contributed by atoms with Crippen LogP contribution in [0.3, 0.4) is 0 Å². The van der Waals surface area contributed by atoms with Gasteiger partial charge in [0.1, 0.15) is 24.0 Å². The van der Waals surface area contributed by atoms with Crippen LogP contribution in [-0.2, 0) is 0 Å². The quantitative estimate of drug-likeness (QED) is 0.600. The van der Waals surface area contributed by atoms with Crippen molar-refractivity contribution in [2.24, 2.45) is 0 Å². The molecule has 0 radical (unpaired) electrons. The normalized spacial score (nSPS) is 10.7. The van der Waals surface area contributed by atoms with Gasteiger partial charge in [0.15, 0.2) is 0 Å². The van der Waals surface area contributed by atoms with Crippen LogP contribution in [0.2, 0.25) is 0 Å². The minimum atomic E-state index is 0.730. The van der Waals surface area contributed by atoms with Gasteiger partial charge in [-0.05, 0) is 6.07 Å². The Balaban J connectivity index is 2.36. The molecule has 72 valence electrons. The molecule has 0 spiro atoms. The predicted octanol–water partition coefficient (Wildman–Crippen LogP) is 2.28. The predicted molar refractivity (Wildman–Crippen MR) is 55.0 cm³/mol. The summed E-state index contributed by atoms with van der Waals surface area (Å²) in [5.74, 6) is 0. The molecule has 0 aliphatic rings. The SMILES string of the molecule is c1ccc2c(-c3ccon3)ncnc2c1. The number of benzene rings is 1. The fourth-order valence-electron chi connectivity index (χ4n) is 1.54. The van der Waals surface area contributed by atoms with Crippen molar-refractivity contribution in [3.8, 4) is 11.4 Å². The Hall–Kier alpha value is -2.23. The summed E-state index contributed by atoms with van der Waals surface area (Å²) in [5, 5.41) is 4.85. The molecule has 0 fully saturated rings. The number of rotatable bonds is 1. The maximum absolute atomic E-state index is 4.81. The van der Waals surface area contributed by atoms with Gasteiger partial charge in [-0.1, -0.05) is 23.4 Å². The highest BCUT2D eigenvalue weighted by Gasteiger charge is 2.07. The summed E-state index contributed by atoms with van der Waals surface area (Å²) in [7, 11) is 0. The molecular formula is C11H7N3O. The highest BCUT2D eigenvalue weighted by atomic mass is 16.5. The Morgan fingerprint density at radius 3 is 2.80 bits per heavy atom. The van der Waals surface area contributed by atoms with Crippen LogP contribution in [0.1, 0.15) is 0 Å². The van der Waals surface area contributed by atoms with Gasteiger partial charge < -0.3 is 4.52 Å². The molecule has 0 amide bonds. The van der Waals surface area contributed by atoms with Crippen LogP contribution < -0.4 is 0 Å². The number of fused-ring (bicyclic) bond motifs is 1. The molecule has 2 aromatic heterocycles. The summed E-state index contributed by atoms with van der Waals surface area (Å²) in [6.45, 7) is 0. The van der Waals surface area contributed by atoms with E-state index in [2.05, 4.69) is 15.1 Å². The van der Waals surface area contributed by atoms with E-state index in [4.69, 9.17) is 4.52 Å². The second-order valence-corrected chi connectivity index (χ2v) is 3.12. The molecule has 3 aromatic rings. The number of nitrogens with zero attached hydrogens (tertiary/aromatic N) is 3. The van der Waals surface area contributed by atoms with Crippen LogP contribution in [0, 0.1) is 0 Å². The molecule has 0 aliphatic carbocycles.